The van der Waals surface area contributed by atoms with Gasteiger partial charge in [0.15, 0.2) is 0 Å². The Morgan fingerprint density at radius 1 is 1.31 bits per heavy atom. The summed E-state index contributed by atoms with van der Waals surface area (Å²) in [5.74, 6) is 0.816. The molecule has 0 aromatic carbocycles. The molecule has 3 aromatic rings. The first-order valence-corrected chi connectivity index (χ1v) is 9.81. The smallest absolute Gasteiger partial charge is 0.255 e. The highest BCUT2D eigenvalue weighted by Gasteiger charge is 2.27. The summed E-state index contributed by atoms with van der Waals surface area (Å²) >= 11 is 0. The number of likely N-dealkylation sites (tertiary alicyclic amines) is 1. The summed E-state index contributed by atoms with van der Waals surface area (Å²) in [5, 5.41) is 13.8. The average Bonchev–Trinajstić information content (AvgIpc) is 3.11. The number of hydrogen-bond acceptors (Lipinski definition) is 6. The first-order valence-electron chi connectivity index (χ1n) is 9.81. The molecule has 4 heterocycles. The van der Waals surface area contributed by atoms with Gasteiger partial charge in [0, 0.05) is 42.7 Å². The maximum Gasteiger partial charge on any atom is 0.255 e. The second kappa shape index (κ2) is 8.13. The molecule has 3 aromatic heterocycles. The number of rotatable bonds is 4. The van der Waals surface area contributed by atoms with E-state index in [4.69, 9.17) is 9.51 Å². The first-order chi connectivity index (χ1) is 14.1. The predicted octanol–water partition coefficient (Wildman–Crippen LogP) is 3.26. The summed E-state index contributed by atoms with van der Waals surface area (Å²) in [4.78, 5) is 23.7. The quantitative estimate of drug-likeness (QED) is 0.733. The highest BCUT2D eigenvalue weighted by Crippen LogP contribution is 2.32. The molecule has 0 saturated carbocycles. The van der Waals surface area contributed by atoms with Crippen molar-refractivity contribution in [3.63, 3.8) is 0 Å². The molecule has 150 valence electrons. The number of piperidine rings is 1. The number of carbonyl (C=O) groups excluding carboxylic acids is 1. The van der Waals surface area contributed by atoms with Crippen molar-refractivity contribution in [2.45, 2.75) is 39.2 Å². The van der Waals surface area contributed by atoms with Crippen LogP contribution in [0.3, 0.4) is 0 Å². The van der Waals surface area contributed by atoms with Gasteiger partial charge in [0.05, 0.1) is 29.1 Å². The fourth-order valence-electron chi connectivity index (χ4n) is 3.97. The molecule has 0 bridgehead atoms. The standard InChI is InChI=1S/C22H24N4O3/c1-14-20(15(2)29-25-14)21-18(13-27)7-8-19(24-21)17-6-4-10-26(12-17)22(28)16-5-3-9-23-11-16/h3,5,7-9,11,17,27H,4,6,10,12-13H2,1-2H3. The van der Waals surface area contributed by atoms with Crippen molar-refractivity contribution in [3.05, 3.63) is 64.9 Å². The van der Waals surface area contributed by atoms with E-state index in [1.165, 1.54) is 0 Å². The van der Waals surface area contributed by atoms with Crippen LogP contribution in [0.5, 0.6) is 0 Å². The second-order valence-electron chi connectivity index (χ2n) is 7.43. The van der Waals surface area contributed by atoms with Crippen LogP contribution < -0.4 is 0 Å². The van der Waals surface area contributed by atoms with Gasteiger partial charge in [-0.05, 0) is 44.9 Å². The molecule has 7 heteroatoms. The van der Waals surface area contributed by atoms with E-state index >= 15 is 0 Å². The molecule has 29 heavy (non-hydrogen) atoms. The second-order valence-corrected chi connectivity index (χ2v) is 7.43. The molecule has 1 atom stereocenters. The number of nitrogens with zero attached hydrogens (tertiary/aromatic N) is 4. The number of aryl methyl sites for hydroxylation is 2. The molecular formula is C22H24N4O3. The summed E-state index contributed by atoms with van der Waals surface area (Å²) in [6.45, 7) is 4.95. The molecule has 1 N–H and O–H groups in total. The van der Waals surface area contributed by atoms with Crippen LogP contribution in [0.15, 0.2) is 41.2 Å². The van der Waals surface area contributed by atoms with Crippen LogP contribution in [0.1, 0.15) is 51.8 Å². The number of aliphatic hydroxyl groups excluding tert-OH is 1. The average molecular weight is 392 g/mol. The molecule has 0 aliphatic carbocycles. The highest BCUT2D eigenvalue weighted by molar-refractivity contribution is 5.94. The Kier molecular flexibility index (Phi) is 5.40. The SMILES string of the molecule is Cc1noc(C)c1-c1nc(C2CCCN(C(=O)c3cccnc3)C2)ccc1CO. The Labute approximate surface area is 169 Å². The molecule has 1 saturated heterocycles. The molecule has 1 amide bonds. The van der Waals surface area contributed by atoms with Crippen LogP contribution in [0.25, 0.3) is 11.3 Å². The summed E-state index contributed by atoms with van der Waals surface area (Å²) < 4.78 is 5.30. The zero-order valence-corrected chi connectivity index (χ0v) is 16.6. The van der Waals surface area contributed by atoms with Gasteiger partial charge in [0.25, 0.3) is 5.91 Å². The number of hydrogen-bond donors (Lipinski definition) is 1. The fraction of sp³-hybridized carbons (Fsp3) is 0.364. The van der Waals surface area contributed by atoms with Crippen molar-refractivity contribution in [3.8, 4) is 11.3 Å². The summed E-state index contributed by atoms with van der Waals surface area (Å²) in [6.07, 6.45) is 5.15. The van der Waals surface area contributed by atoms with E-state index in [2.05, 4.69) is 10.1 Å². The van der Waals surface area contributed by atoms with E-state index in [9.17, 15) is 9.90 Å². The molecule has 1 unspecified atom stereocenters. The fourth-order valence-corrected chi connectivity index (χ4v) is 3.97. The van der Waals surface area contributed by atoms with Crippen molar-refractivity contribution >= 4 is 5.91 Å². The van der Waals surface area contributed by atoms with E-state index in [0.717, 1.165) is 41.9 Å². The lowest BCUT2D eigenvalue weighted by atomic mass is 9.92. The summed E-state index contributed by atoms with van der Waals surface area (Å²) in [5.41, 5.74) is 4.54. The summed E-state index contributed by atoms with van der Waals surface area (Å²) in [6, 6.07) is 7.43. The molecule has 0 spiro atoms. The van der Waals surface area contributed by atoms with Gasteiger partial charge in [0.1, 0.15) is 5.76 Å². The van der Waals surface area contributed by atoms with Crippen LogP contribution in [-0.2, 0) is 6.61 Å². The van der Waals surface area contributed by atoms with Crippen LogP contribution in [-0.4, -0.2) is 44.1 Å². The van der Waals surface area contributed by atoms with E-state index in [1.54, 1.807) is 24.5 Å². The molecule has 0 radical (unpaired) electrons. The molecule has 1 aliphatic heterocycles. The Bertz CT molecular complexity index is 997. The van der Waals surface area contributed by atoms with Crippen molar-refractivity contribution in [1.82, 2.24) is 20.0 Å². The van der Waals surface area contributed by atoms with Gasteiger partial charge in [-0.25, -0.2) is 0 Å². The Balaban J connectivity index is 1.63. The summed E-state index contributed by atoms with van der Waals surface area (Å²) in [7, 11) is 0. The third kappa shape index (κ3) is 3.78. The lowest BCUT2D eigenvalue weighted by molar-refractivity contribution is 0.0705. The Morgan fingerprint density at radius 3 is 2.86 bits per heavy atom. The highest BCUT2D eigenvalue weighted by atomic mass is 16.5. The molecule has 1 aliphatic rings. The topological polar surface area (TPSA) is 92.4 Å². The van der Waals surface area contributed by atoms with Gasteiger partial charge in [-0.15, -0.1) is 0 Å². The Hall–Kier alpha value is -3.06. The number of aromatic nitrogens is 3. The number of carbonyl (C=O) groups is 1. The Morgan fingerprint density at radius 2 is 2.17 bits per heavy atom. The minimum absolute atomic E-state index is 0.000672. The van der Waals surface area contributed by atoms with Gasteiger partial charge in [-0.2, -0.15) is 0 Å². The maximum absolute atomic E-state index is 12.8. The number of amides is 1. The van der Waals surface area contributed by atoms with E-state index < -0.39 is 0 Å². The van der Waals surface area contributed by atoms with Crippen LogP contribution in [0.4, 0.5) is 0 Å². The van der Waals surface area contributed by atoms with Gasteiger partial charge in [-0.1, -0.05) is 11.2 Å². The van der Waals surface area contributed by atoms with Crippen LogP contribution in [0, 0.1) is 13.8 Å². The van der Waals surface area contributed by atoms with Crippen molar-refractivity contribution < 1.29 is 14.4 Å². The normalized spacial score (nSPS) is 16.8. The predicted molar refractivity (Wildman–Crippen MR) is 107 cm³/mol. The molecule has 7 nitrogen and oxygen atoms in total. The van der Waals surface area contributed by atoms with Crippen LogP contribution in [0.2, 0.25) is 0 Å². The lowest BCUT2D eigenvalue weighted by Gasteiger charge is -2.32. The van der Waals surface area contributed by atoms with Gasteiger partial charge in [-0.3, -0.25) is 14.8 Å². The monoisotopic (exact) mass is 392 g/mol. The minimum atomic E-state index is -0.108. The first kappa shape index (κ1) is 19.3. The molecule has 1 fully saturated rings. The zero-order chi connectivity index (χ0) is 20.4. The van der Waals surface area contributed by atoms with Crippen molar-refractivity contribution in [2.24, 2.45) is 0 Å². The van der Waals surface area contributed by atoms with Crippen LogP contribution >= 0.6 is 0 Å². The van der Waals surface area contributed by atoms with Gasteiger partial charge < -0.3 is 14.5 Å². The van der Waals surface area contributed by atoms with Gasteiger partial charge >= 0.3 is 0 Å². The zero-order valence-electron chi connectivity index (χ0n) is 16.6. The van der Waals surface area contributed by atoms with E-state index in [0.29, 0.717) is 23.6 Å². The maximum atomic E-state index is 12.8. The van der Waals surface area contributed by atoms with Gasteiger partial charge in [0.2, 0.25) is 0 Å². The lowest BCUT2D eigenvalue weighted by Crippen LogP contribution is -2.39. The number of aliphatic hydroxyl groups is 1. The van der Waals surface area contributed by atoms with Crippen molar-refractivity contribution in [1.29, 1.82) is 0 Å². The molecule has 4 rings (SSSR count). The third-order valence-electron chi connectivity index (χ3n) is 5.48. The van der Waals surface area contributed by atoms with E-state index in [-0.39, 0.29) is 18.4 Å². The number of pyridine rings is 2. The van der Waals surface area contributed by atoms with E-state index in [1.807, 2.05) is 30.9 Å². The molecular weight excluding hydrogens is 368 g/mol. The van der Waals surface area contributed by atoms with Crippen molar-refractivity contribution in [2.75, 3.05) is 13.1 Å². The largest absolute Gasteiger partial charge is 0.392 e. The minimum Gasteiger partial charge on any atom is -0.392 e. The third-order valence-corrected chi connectivity index (χ3v) is 5.48.